The molecule has 44 heavy (non-hydrogen) atoms. The minimum atomic E-state index is -3.89. The SMILES string of the molecule is CC(C(=O)C(C)c1nccn1S(=O)(=O)CC=Cc1ccc(CN)cc1)c1nccn1S(=O)(=O)CC=Cc1ccc(CN)cc1. The van der Waals surface area contributed by atoms with Crippen LogP contribution in [-0.4, -0.2) is 52.0 Å². The average molecular weight is 637 g/mol. The number of nitrogens with two attached hydrogens (primary N) is 2. The van der Waals surface area contributed by atoms with Crippen molar-refractivity contribution in [1.82, 2.24) is 17.9 Å². The molecular weight excluding hydrogens is 601 g/mol. The van der Waals surface area contributed by atoms with Crippen LogP contribution in [0.5, 0.6) is 0 Å². The molecule has 13 heteroatoms. The molecule has 0 saturated carbocycles. The summed E-state index contributed by atoms with van der Waals surface area (Å²) in [5.74, 6) is -2.93. The Balaban J connectivity index is 1.47. The maximum absolute atomic E-state index is 13.6. The van der Waals surface area contributed by atoms with Crippen LogP contribution in [0.25, 0.3) is 12.2 Å². The number of imidazole rings is 2. The number of hydrogen-bond acceptors (Lipinski definition) is 9. The number of Topliss-reactive ketones (excluding diaryl/α,β-unsaturated/α-hetero) is 1. The van der Waals surface area contributed by atoms with Gasteiger partial charge < -0.3 is 11.5 Å². The molecule has 4 rings (SSSR count). The molecular formula is C31H36N6O5S2. The zero-order valence-electron chi connectivity index (χ0n) is 24.5. The predicted octanol–water partition coefficient (Wildman–Crippen LogP) is 3.26. The van der Waals surface area contributed by atoms with Crippen molar-refractivity contribution in [2.75, 3.05) is 11.5 Å². The summed E-state index contributed by atoms with van der Waals surface area (Å²) in [6.45, 7) is 3.92. The molecule has 2 aromatic carbocycles. The normalized spacial score (nSPS) is 13.9. The summed E-state index contributed by atoms with van der Waals surface area (Å²) in [4.78, 5) is 21.9. The highest BCUT2D eigenvalue weighted by Gasteiger charge is 2.32. The molecule has 0 aliphatic heterocycles. The maximum atomic E-state index is 13.6. The molecule has 2 heterocycles. The fourth-order valence-electron chi connectivity index (χ4n) is 4.61. The molecule has 0 saturated heterocycles. The average Bonchev–Trinajstić information content (AvgIpc) is 3.72. The Morgan fingerprint density at radius 2 is 1.07 bits per heavy atom. The van der Waals surface area contributed by atoms with Crippen LogP contribution in [-0.2, 0) is 37.9 Å². The van der Waals surface area contributed by atoms with Crippen molar-refractivity contribution >= 4 is 38.0 Å². The van der Waals surface area contributed by atoms with E-state index in [1.165, 1.54) is 36.9 Å². The molecule has 232 valence electrons. The highest BCUT2D eigenvalue weighted by molar-refractivity contribution is 7.90. The summed E-state index contributed by atoms with van der Waals surface area (Å²) in [5, 5.41) is 0. The highest BCUT2D eigenvalue weighted by Crippen LogP contribution is 2.26. The zero-order chi connectivity index (χ0) is 31.9. The third-order valence-electron chi connectivity index (χ3n) is 7.16. The van der Waals surface area contributed by atoms with Gasteiger partial charge >= 0.3 is 0 Å². The Labute approximate surface area is 258 Å². The molecule has 0 aliphatic rings. The first kappa shape index (κ1) is 32.7. The standard InChI is InChI=1S/C31H36N6O5S2/c1-23(30-34-15-17-36(30)43(39,40)19-3-5-25-7-11-27(21-32)12-8-25)29(38)24(2)31-35-16-18-37(31)44(41,42)20-4-6-26-9-13-28(22-33)14-10-26/h3-18,23-24H,19-22,32-33H2,1-2H3. The van der Waals surface area contributed by atoms with Crippen LogP contribution in [0.2, 0.25) is 0 Å². The van der Waals surface area contributed by atoms with E-state index < -0.39 is 37.7 Å². The molecule has 0 amide bonds. The van der Waals surface area contributed by atoms with Gasteiger partial charge in [0.1, 0.15) is 11.6 Å². The fourth-order valence-corrected chi connectivity index (χ4v) is 7.07. The van der Waals surface area contributed by atoms with Gasteiger partial charge in [0.25, 0.3) is 0 Å². The van der Waals surface area contributed by atoms with Gasteiger partial charge in [-0.1, -0.05) is 72.8 Å². The Kier molecular flexibility index (Phi) is 10.5. The van der Waals surface area contributed by atoms with E-state index in [-0.39, 0.29) is 23.2 Å². The molecule has 0 fully saturated rings. The Hall–Kier alpha value is -4.17. The van der Waals surface area contributed by atoms with E-state index in [4.69, 9.17) is 11.5 Å². The van der Waals surface area contributed by atoms with E-state index >= 15 is 0 Å². The number of rotatable bonds is 14. The van der Waals surface area contributed by atoms with Gasteiger partial charge in [-0.15, -0.1) is 0 Å². The molecule has 4 aromatic rings. The number of carbonyl (C=O) groups is 1. The number of aromatic nitrogens is 4. The summed E-state index contributed by atoms with van der Waals surface area (Å²) in [6.07, 6.45) is 11.7. The van der Waals surface area contributed by atoms with Crippen LogP contribution in [0.3, 0.4) is 0 Å². The van der Waals surface area contributed by atoms with Gasteiger partial charge in [-0.3, -0.25) is 4.79 Å². The van der Waals surface area contributed by atoms with Crippen LogP contribution < -0.4 is 11.5 Å². The smallest absolute Gasteiger partial charge is 0.243 e. The summed E-state index contributed by atoms with van der Waals surface area (Å²) in [5.41, 5.74) is 14.8. The molecule has 0 bridgehead atoms. The molecule has 4 N–H and O–H groups in total. The van der Waals surface area contributed by atoms with Crippen molar-refractivity contribution < 1.29 is 21.6 Å². The fraction of sp³-hybridized carbons (Fsp3) is 0.258. The summed E-state index contributed by atoms with van der Waals surface area (Å²) < 4.78 is 54.7. The van der Waals surface area contributed by atoms with Crippen LogP contribution >= 0.6 is 0 Å². The van der Waals surface area contributed by atoms with Gasteiger partial charge in [0.2, 0.25) is 20.0 Å². The summed E-state index contributed by atoms with van der Waals surface area (Å²) in [7, 11) is -7.79. The second-order valence-corrected chi connectivity index (χ2v) is 14.0. The van der Waals surface area contributed by atoms with Crippen molar-refractivity contribution in [3.8, 4) is 0 Å². The zero-order valence-corrected chi connectivity index (χ0v) is 26.2. The summed E-state index contributed by atoms with van der Waals surface area (Å²) >= 11 is 0. The van der Waals surface area contributed by atoms with E-state index in [1.807, 2.05) is 48.5 Å². The lowest BCUT2D eigenvalue weighted by Crippen LogP contribution is -2.27. The lowest BCUT2D eigenvalue weighted by molar-refractivity contribution is -0.121. The van der Waals surface area contributed by atoms with Crippen LogP contribution in [0.15, 0.2) is 85.5 Å². The first-order valence-corrected chi connectivity index (χ1v) is 17.2. The van der Waals surface area contributed by atoms with E-state index in [0.717, 1.165) is 30.2 Å². The maximum Gasteiger partial charge on any atom is 0.243 e. The Morgan fingerprint density at radius 3 is 1.41 bits per heavy atom. The molecule has 0 aliphatic carbocycles. The first-order valence-electron chi connectivity index (χ1n) is 13.9. The highest BCUT2D eigenvalue weighted by atomic mass is 32.2. The number of benzene rings is 2. The predicted molar refractivity (Wildman–Crippen MR) is 171 cm³/mol. The second kappa shape index (κ2) is 14.1. The van der Waals surface area contributed by atoms with Gasteiger partial charge in [0, 0.05) is 37.9 Å². The topological polar surface area (TPSA) is 173 Å². The Morgan fingerprint density at radius 1 is 0.705 bits per heavy atom. The minimum absolute atomic E-state index is 0.0344. The molecule has 11 nitrogen and oxygen atoms in total. The number of carbonyl (C=O) groups excluding carboxylic acids is 1. The van der Waals surface area contributed by atoms with Crippen molar-refractivity contribution in [3.05, 3.63) is 119 Å². The lowest BCUT2D eigenvalue weighted by Gasteiger charge is -2.18. The van der Waals surface area contributed by atoms with E-state index in [2.05, 4.69) is 9.97 Å². The Bertz CT molecular complexity index is 1720. The summed E-state index contributed by atoms with van der Waals surface area (Å²) in [6, 6.07) is 14.9. The largest absolute Gasteiger partial charge is 0.326 e. The van der Waals surface area contributed by atoms with E-state index in [1.54, 1.807) is 26.0 Å². The molecule has 0 spiro atoms. The molecule has 2 atom stereocenters. The van der Waals surface area contributed by atoms with Crippen molar-refractivity contribution in [2.24, 2.45) is 11.5 Å². The van der Waals surface area contributed by atoms with Gasteiger partial charge in [0.15, 0.2) is 5.78 Å². The van der Waals surface area contributed by atoms with Crippen LogP contribution in [0.4, 0.5) is 0 Å². The van der Waals surface area contributed by atoms with Crippen molar-refractivity contribution in [1.29, 1.82) is 0 Å². The first-order chi connectivity index (χ1) is 21.0. The van der Waals surface area contributed by atoms with E-state index in [9.17, 15) is 21.6 Å². The number of nitrogens with zero attached hydrogens (tertiary/aromatic N) is 4. The third kappa shape index (κ3) is 7.66. The second-order valence-electron chi connectivity index (χ2n) is 10.3. The van der Waals surface area contributed by atoms with Gasteiger partial charge in [0.05, 0.1) is 23.3 Å². The number of hydrogen-bond donors (Lipinski definition) is 2. The molecule has 2 unspecified atom stereocenters. The number of ketones is 1. The lowest BCUT2D eigenvalue weighted by atomic mass is 9.94. The van der Waals surface area contributed by atoms with Crippen molar-refractivity contribution in [2.45, 2.75) is 38.8 Å². The van der Waals surface area contributed by atoms with Crippen LogP contribution in [0, 0.1) is 0 Å². The quantitative estimate of drug-likeness (QED) is 0.211. The van der Waals surface area contributed by atoms with Gasteiger partial charge in [-0.25, -0.2) is 34.7 Å². The van der Waals surface area contributed by atoms with Crippen LogP contribution in [0.1, 0.15) is 59.6 Å². The minimum Gasteiger partial charge on any atom is -0.326 e. The molecule has 0 radical (unpaired) electrons. The van der Waals surface area contributed by atoms with Gasteiger partial charge in [-0.05, 0) is 36.1 Å². The third-order valence-corrected chi connectivity index (χ3v) is 10.2. The van der Waals surface area contributed by atoms with E-state index in [0.29, 0.717) is 13.1 Å². The van der Waals surface area contributed by atoms with Gasteiger partial charge in [-0.2, -0.15) is 0 Å². The monoisotopic (exact) mass is 636 g/mol. The molecule has 2 aromatic heterocycles. The van der Waals surface area contributed by atoms with Crippen molar-refractivity contribution in [3.63, 3.8) is 0 Å².